The molecular weight excluding hydrogens is 412 g/mol. The van der Waals surface area contributed by atoms with Gasteiger partial charge in [-0.3, -0.25) is 0 Å². The van der Waals surface area contributed by atoms with Crippen molar-refractivity contribution in [3.8, 4) is 0 Å². The third kappa shape index (κ3) is 181. The zero-order chi connectivity index (χ0) is 8.95. The first-order valence-electron chi connectivity index (χ1n) is 4.91. The molecule has 0 N–H and O–H groups in total. The fraction of sp³-hybridized carbons (Fsp3) is 0.895. The second kappa shape index (κ2) is 116. The molecule has 0 bridgehead atoms. The molecule has 0 amide bonds. The quantitative estimate of drug-likeness (QED) is 0.278. The van der Waals surface area contributed by atoms with Crippen molar-refractivity contribution < 1.29 is 21.1 Å². The van der Waals surface area contributed by atoms with Crippen molar-refractivity contribution in [1.29, 1.82) is 0 Å². The van der Waals surface area contributed by atoms with E-state index in [9.17, 15) is 0 Å². The molecule has 0 aromatic rings. The summed E-state index contributed by atoms with van der Waals surface area (Å²) in [5.41, 5.74) is 0. The van der Waals surface area contributed by atoms with Crippen molar-refractivity contribution in [2.24, 2.45) is 0 Å². The van der Waals surface area contributed by atoms with Gasteiger partial charge in [-0.2, -0.15) is 12.8 Å². The van der Waals surface area contributed by atoms with Gasteiger partial charge in [-0.1, -0.05) is 105 Å². The van der Waals surface area contributed by atoms with E-state index in [2.05, 4.69) is 27.7 Å². The molecule has 0 saturated heterocycles. The minimum atomic E-state index is 0. The molecule has 0 unspecified atom stereocenters. The summed E-state index contributed by atoms with van der Waals surface area (Å²) in [5, 5.41) is 0. The van der Waals surface area contributed by atoms with E-state index in [4.69, 9.17) is 0 Å². The van der Waals surface area contributed by atoms with Crippen LogP contribution in [0.2, 0.25) is 0 Å². The smallest absolute Gasteiger partial charge is 0.343 e. The largest absolute Gasteiger partial charge is 2.00 e. The van der Waals surface area contributed by atoms with Crippen LogP contribution in [0.1, 0.15) is 118 Å². The predicted octanol–water partition coefficient (Wildman–Crippen LogP) is 9.50. The van der Waals surface area contributed by atoms with E-state index in [0.29, 0.717) is 0 Å². The predicted molar refractivity (Wildman–Crippen MR) is 108 cm³/mol. The molecule has 0 saturated carbocycles. The molecule has 0 aromatic heterocycles. The molecule has 1 heteroatoms. The average molecular weight is 468 g/mol. The van der Waals surface area contributed by atoms with Crippen LogP contribution in [-0.4, -0.2) is 0 Å². The molecule has 20 heavy (non-hydrogen) atoms. The topological polar surface area (TPSA) is 0 Å². The number of hydrogen-bond donors (Lipinski definition) is 0. The molecule has 0 aliphatic heterocycles. The van der Waals surface area contributed by atoms with E-state index < -0.39 is 0 Å². The Morgan fingerprint density at radius 3 is 0.800 bits per heavy atom. The summed E-state index contributed by atoms with van der Waals surface area (Å²) in [7, 11) is 0. The van der Waals surface area contributed by atoms with Crippen LogP contribution in [-0.2, 0) is 21.1 Å². The fourth-order valence-corrected chi connectivity index (χ4v) is 0.677. The summed E-state index contributed by atoms with van der Waals surface area (Å²) in [6.07, 6.45) is 8.73. The van der Waals surface area contributed by atoms with E-state index >= 15 is 0 Å². The SMILES string of the molecule is C.C.C.C.C.C.C.C.[CH2-]CCCC.[CH2-]CCCCC.[W+2]. The Morgan fingerprint density at radius 2 is 0.750 bits per heavy atom. The maximum absolute atomic E-state index is 3.72. The maximum atomic E-state index is 3.72. The van der Waals surface area contributed by atoms with Gasteiger partial charge in [0, 0.05) is 0 Å². The Hall–Kier alpha value is 0.688. The van der Waals surface area contributed by atoms with E-state index in [1.54, 1.807) is 0 Å². The van der Waals surface area contributed by atoms with Gasteiger partial charge in [-0.15, -0.1) is 0 Å². The zero-order valence-electron chi connectivity index (χ0n) is 8.77. The van der Waals surface area contributed by atoms with Gasteiger partial charge in [-0.25, -0.2) is 0 Å². The molecule has 0 atom stereocenters. The number of hydrogen-bond acceptors (Lipinski definition) is 0. The molecule has 0 fully saturated rings. The average Bonchev–Trinajstić information content (AvgIpc) is 2.04. The third-order valence-electron chi connectivity index (χ3n) is 1.46. The Balaban J connectivity index is -0.00000000624. The second-order valence-electron chi connectivity index (χ2n) is 2.77. The van der Waals surface area contributed by atoms with E-state index in [-0.39, 0.29) is 80.5 Å². The molecule has 0 spiro atoms. The molecule has 0 rings (SSSR count). The van der Waals surface area contributed by atoms with Gasteiger partial charge in [0.2, 0.25) is 0 Å². The van der Waals surface area contributed by atoms with Gasteiger partial charge in [0.25, 0.3) is 0 Å². The Kier molecular flexibility index (Phi) is 497. The van der Waals surface area contributed by atoms with Crippen LogP contribution in [0, 0.1) is 13.8 Å². The normalized spacial score (nSPS) is 4.80. The minimum Gasteiger partial charge on any atom is -0.343 e. The first kappa shape index (κ1) is 85.4. The molecule has 138 valence electrons. The van der Waals surface area contributed by atoms with Gasteiger partial charge in [0.15, 0.2) is 0 Å². The van der Waals surface area contributed by atoms with Crippen molar-refractivity contribution >= 4 is 0 Å². The Bertz CT molecular complexity index is 39.0. The molecule has 0 aromatic carbocycles. The van der Waals surface area contributed by atoms with Crippen molar-refractivity contribution in [1.82, 2.24) is 0 Å². The summed E-state index contributed by atoms with van der Waals surface area (Å²) in [6.45, 7) is 11.8. The molecule has 0 aliphatic rings. The zero-order valence-corrected chi connectivity index (χ0v) is 11.7. The molecule has 0 radical (unpaired) electrons. The Morgan fingerprint density at radius 1 is 0.500 bits per heavy atom. The summed E-state index contributed by atoms with van der Waals surface area (Å²) >= 11 is 0. The van der Waals surface area contributed by atoms with Crippen molar-refractivity contribution in [3.63, 3.8) is 0 Å². The van der Waals surface area contributed by atoms with Gasteiger partial charge < -0.3 is 13.8 Å². The first-order valence-corrected chi connectivity index (χ1v) is 4.91. The summed E-state index contributed by atoms with van der Waals surface area (Å²) in [6, 6.07) is 0. The number of unbranched alkanes of at least 4 members (excludes halogenated alkanes) is 5. The second-order valence-corrected chi connectivity index (χ2v) is 2.77. The van der Waals surface area contributed by atoms with Crippen LogP contribution in [0.15, 0.2) is 0 Å². The van der Waals surface area contributed by atoms with Crippen molar-refractivity contribution in [3.05, 3.63) is 13.8 Å². The summed E-state index contributed by atoms with van der Waals surface area (Å²) in [4.78, 5) is 0. The molecular formula is C19H56W. The van der Waals surface area contributed by atoms with Crippen molar-refractivity contribution in [2.75, 3.05) is 0 Å². The van der Waals surface area contributed by atoms with Crippen LogP contribution >= 0.6 is 0 Å². The molecule has 0 aliphatic carbocycles. The van der Waals surface area contributed by atoms with Crippen LogP contribution in [0.3, 0.4) is 0 Å². The standard InChI is InChI=1S/C6H13.C5H11.8CH4.W/c1-3-5-6-4-2;1-3-5-4-2;;;;;;;;;/h1,3-6H2,2H3;1,3-5H2,2H3;8*1H4;/q2*-1;;;;;;;;;+2. The molecule has 0 nitrogen and oxygen atoms in total. The number of rotatable bonds is 5. The Labute approximate surface area is 153 Å². The fourth-order valence-electron chi connectivity index (χ4n) is 0.677. The molecule has 0 heterocycles. The van der Waals surface area contributed by atoms with E-state index in [1.165, 1.54) is 32.1 Å². The van der Waals surface area contributed by atoms with E-state index in [0.717, 1.165) is 12.8 Å². The third-order valence-corrected chi connectivity index (χ3v) is 1.46. The maximum Gasteiger partial charge on any atom is 2.00 e. The summed E-state index contributed by atoms with van der Waals surface area (Å²) in [5.74, 6) is 0. The summed E-state index contributed by atoms with van der Waals surface area (Å²) < 4.78 is 0. The van der Waals surface area contributed by atoms with Crippen LogP contribution in [0.25, 0.3) is 0 Å². The van der Waals surface area contributed by atoms with Gasteiger partial charge >= 0.3 is 21.1 Å². The minimum absolute atomic E-state index is 0. The van der Waals surface area contributed by atoms with Gasteiger partial charge in [-0.05, 0) is 0 Å². The van der Waals surface area contributed by atoms with Gasteiger partial charge in [0.1, 0.15) is 0 Å². The van der Waals surface area contributed by atoms with Crippen LogP contribution in [0.4, 0.5) is 0 Å². The van der Waals surface area contributed by atoms with E-state index in [1.807, 2.05) is 0 Å². The first-order chi connectivity index (χ1) is 5.33. The van der Waals surface area contributed by atoms with Crippen LogP contribution < -0.4 is 0 Å². The van der Waals surface area contributed by atoms with Gasteiger partial charge in [0.05, 0.1) is 0 Å². The van der Waals surface area contributed by atoms with Crippen LogP contribution in [0.5, 0.6) is 0 Å². The van der Waals surface area contributed by atoms with Crippen molar-refractivity contribution in [2.45, 2.75) is 118 Å². The monoisotopic (exact) mass is 468 g/mol.